The molecule has 17 heteroatoms. The molecule has 3 atom stereocenters. The molecule has 2 saturated heterocycles. The van der Waals surface area contributed by atoms with Crippen LogP contribution in [0.15, 0.2) is 60.9 Å². The van der Waals surface area contributed by atoms with Gasteiger partial charge in [-0.2, -0.15) is 39.5 Å². The Hall–Kier alpha value is -5.35. The fourth-order valence-electron chi connectivity index (χ4n) is 6.55. The zero-order valence-electron chi connectivity index (χ0n) is 26.2. The summed E-state index contributed by atoms with van der Waals surface area (Å²) < 4.78 is 135. The number of aromatic nitrogens is 2. The number of amides is 1. The molecule has 51 heavy (non-hydrogen) atoms. The van der Waals surface area contributed by atoms with E-state index in [4.69, 9.17) is 9.47 Å². The average molecular weight is 726 g/mol. The lowest BCUT2D eigenvalue weighted by atomic mass is 9.94. The summed E-state index contributed by atoms with van der Waals surface area (Å²) >= 11 is 0. The van der Waals surface area contributed by atoms with Crippen LogP contribution in [0.1, 0.15) is 68.7 Å². The van der Waals surface area contributed by atoms with E-state index in [1.165, 1.54) is 37.6 Å². The molecule has 268 valence electrons. The van der Waals surface area contributed by atoms with E-state index in [1.54, 1.807) is 6.92 Å². The van der Waals surface area contributed by atoms with Crippen LogP contribution in [0.5, 0.6) is 5.88 Å². The standard InChI is InChI=1S/C34H24F9N3O5/c1-15-7-16(30(47)48)3-4-22(15)18-10-24(29(50-2)45-13-18)27-23(12-21(14-44-27)34(41,42)43)25-5-6-26-28(51-31(49)46(25)26)17-8-19(32(35,36)37)11-20(9-17)33(38,39)40/h3-4,7-14,25-26,28H,5-6H2,1-2H3,(H,47,48)/t25-,26?,28+/m0/s1. The smallest absolute Gasteiger partial charge is 0.417 e. The Bertz CT molecular complexity index is 2010. The first-order valence-electron chi connectivity index (χ1n) is 15.0. The van der Waals surface area contributed by atoms with Crippen LogP contribution in [0.25, 0.3) is 22.4 Å². The third-order valence-corrected chi connectivity index (χ3v) is 8.84. The van der Waals surface area contributed by atoms with Gasteiger partial charge in [0, 0.05) is 23.5 Å². The topological polar surface area (TPSA) is 102 Å². The number of cyclic esters (lactones) is 1. The van der Waals surface area contributed by atoms with Crippen LogP contribution < -0.4 is 4.74 Å². The van der Waals surface area contributed by atoms with Crippen molar-refractivity contribution in [2.45, 2.75) is 56.5 Å². The Labute approximate surface area is 282 Å². The van der Waals surface area contributed by atoms with Crippen molar-refractivity contribution in [2.75, 3.05) is 7.11 Å². The van der Waals surface area contributed by atoms with E-state index >= 15 is 0 Å². The summed E-state index contributed by atoms with van der Waals surface area (Å²) in [5.41, 5.74) is -3.71. The molecular weight excluding hydrogens is 701 g/mol. The molecule has 0 aliphatic carbocycles. The number of ether oxygens (including phenoxy) is 2. The number of nitrogens with zero attached hydrogens (tertiary/aromatic N) is 3. The lowest BCUT2D eigenvalue weighted by Crippen LogP contribution is -2.31. The maximum Gasteiger partial charge on any atom is 0.417 e. The van der Waals surface area contributed by atoms with Crippen LogP contribution in [0.3, 0.4) is 0 Å². The van der Waals surface area contributed by atoms with E-state index in [0.29, 0.717) is 35.0 Å². The number of benzene rings is 2. The predicted molar refractivity (Wildman–Crippen MR) is 159 cm³/mol. The number of halogens is 9. The summed E-state index contributed by atoms with van der Waals surface area (Å²) in [5, 5.41) is 9.35. The SMILES string of the molecule is COc1ncc(-c2ccc(C(=O)O)cc2C)cc1-c1ncc(C(F)(F)F)cc1[C@@H]1CCC2[C@@H](c3cc(C(F)(F)F)cc(C(F)(F)F)c3)OC(=O)N21. The van der Waals surface area contributed by atoms with Crippen LogP contribution >= 0.6 is 0 Å². The summed E-state index contributed by atoms with van der Waals surface area (Å²) in [5.74, 6) is -1.24. The fraction of sp³-hybridized carbons (Fsp3) is 0.294. The first kappa shape index (κ1) is 35.5. The number of hydrogen-bond donors (Lipinski definition) is 1. The van der Waals surface area contributed by atoms with Crippen molar-refractivity contribution >= 4 is 12.1 Å². The van der Waals surface area contributed by atoms with Crippen molar-refractivity contribution in [3.05, 3.63) is 99.9 Å². The lowest BCUT2D eigenvalue weighted by Gasteiger charge is -2.25. The quantitative estimate of drug-likeness (QED) is 0.198. The zero-order chi connectivity index (χ0) is 37.2. The normalized spacial score (nSPS) is 19.2. The monoisotopic (exact) mass is 725 g/mol. The molecule has 0 saturated carbocycles. The van der Waals surface area contributed by atoms with Crippen molar-refractivity contribution in [2.24, 2.45) is 0 Å². The summed E-state index contributed by atoms with van der Waals surface area (Å²) in [6.45, 7) is 1.64. The Kier molecular flexibility index (Phi) is 8.66. The molecule has 2 fully saturated rings. The van der Waals surface area contributed by atoms with Gasteiger partial charge in [0.1, 0.15) is 6.10 Å². The van der Waals surface area contributed by atoms with Gasteiger partial charge in [0.15, 0.2) is 0 Å². The summed E-state index contributed by atoms with van der Waals surface area (Å²) in [4.78, 5) is 34.2. The molecular formula is C34H24F9N3O5. The molecule has 2 aromatic carbocycles. The first-order valence-corrected chi connectivity index (χ1v) is 15.0. The molecule has 2 aliphatic rings. The fourth-order valence-corrected chi connectivity index (χ4v) is 6.55. The Balaban J connectivity index is 1.46. The van der Waals surface area contributed by atoms with Crippen LogP contribution in [-0.2, 0) is 23.3 Å². The number of aryl methyl sites for hydroxylation is 1. The van der Waals surface area contributed by atoms with Crippen molar-refractivity contribution in [3.8, 4) is 28.3 Å². The molecule has 0 radical (unpaired) electrons. The van der Waals surface area contributed by atoms with Gasteiger partial charge in [-0.1, -0.05) is 6.07 Å². The summed E-state index contributed by atoms with van der Waals surface area (Å²) in [6, 6.07) is 5.05. The second kappa shape index (κ2) is 12.5. The number of carboxylic acid groups (broad SMARTS) is 1. The van der Waals surface area contributed by atoms with Crippen LogP contribution in [0.4, 0.5) is 44.3 Å². The van der Waals surface area contributed by atoms with Gasteiger partial charge < -0.3 is 14.6 Å². The van der Waals surface area contributed by atoms with Gasteiger partial charge in [0.05, 0.1) is 52.7 Å². The van der Waals surface area contributed by atoms with E-state index in [1.807, 2.05) is 0 Å². The minimum absolute atomic E-state index is 0.0102. The van der Waals surface area contributed by atoms with E-state index in [0.717, 1.165) is 11.0 Å². The third-order valence-electron chi connectivity index (χ3n) is 8.84. The number of carbonyl (C=O) groups excluding carboxylic acids is 1. The molecule has 2 aromatic heterocycles. The second-order valence-electron chi connectivity index (χ2n) is 12.0. The Morgan fingerprint density at radius 1 is 0.843 bits per heavy atom. The summed E-state index contributed by atoms with van der Waals surface area (Å²) in [7, 11) is 1.25. The van der Waals surface area contributed by atoms with E-state index in [2.05, 4.69) is 9.97 Å². The van der Waals surface area contributed by atoms with Crippen molar-refractivity contribution in [1.82, 2.24) is 14.9 Å². The van der Waals surface area contributed by atoms with E-state index in [-0.39, 0.29) is 47.2 Å². The molecule has 2 aliphatic heterocycles. The van der Waals surface area contributed by atoms with E-state index in [9.17, 15) is 54.2 Å². The highest BCUT2D eigenvalue weighted by molar-refractivity contribution is 5.89. The van der Waals surface area contributed by atoms with Gasteiger partial charge in [-0.15, -0.1) is 0 Å². The molecule has 1 N–H and O–H groups in total. The van der Waals surface area contributed by atoms with Gasteiger partial charge in [-0.3, -0.25) is 9.88 Å². The number of carbonyl (C=O) groups is 2. The van der Waals surface area contributed by atoms with Gasteiger partial charge in [0.2, 0.25) is 5.88 Å². The molecule has 0 bridgehead atoms. The number of pyridine rings is 2. The third kappa shape index (κ3) is 6.63. The number of aromatic carboxylic acids is 1. The predicted octanol–water partition coefficient (Wildman–Crippen LogP) is 9.28. The number of alkyl halides is 9. The average Bonchev–Trinajstić information content (AvgIpc) is 3.63. The van der Waals surface area contributed by atoms with Crippen LogP contribution in [0, 0.1) is 6.92 Å². The molecule has 4 heterocycles. The minimum atomic E-state index is -5.17. The molecule has 4 aromatic rings. The molecule has 8 nitrogen and oxygen atoms in total. The van der Waals surface area contributed by atoms with Crippen molar-refractivity contribution < 1.29 is 63.7 Å². The highest BCUT2D eigenvalue weighted by Gasteiger charge is 2.52. The van der Waals surface area contributed by atoms with Crippen molar-refractivity contribution in [1.29, 1.82) is 0 Å². The first-order chi connectivity index (χ1) is 23.8. The number of rotatable bonds is 6. The number of carboxylic acids is 1. The van der Waals surface area contributed by atoms with Gasteiger partial charge in [-0.05, 0) is 78.9 Å². The highest BCUT2D eigenvalue weighted by Crippen LogP contribution is 2.51. The molecule has 1 amide bonds. The number of fused-ring (bicyclic) bond motifs is 1. The van der Waals surface area contributed by atoms with Crippen molar-refractivity contribution in [3.63, 3.8) is 0 Å². The van der Waals surface area contributed by atoms with Gasteiger partial charge >= 0.3 is 30.6 Å². The number of methoxy groups -OCH3 is 1. The number of hydrogen-bond acceptors (Lipinski definition) is 6. The lowest BCUT2D eigenvalue weighted by molar-refractivity contribution is -0.143. The van der Waals surface area contributed by atoms with Gasteiger partial charge in [0.25, 0.3) is 0 Å². The highest BCUT2D eigenvalue weighted by atomic mass is 19.4. The molecule has 6 rings (SSSR count). The Morgan fingerprint density at radius 3 is 2.06 bits per heavy atom. The van der Waals surface area contributed by atoms with Crippen LogP contribution in [0.2, 0.25) is 0 Å². The molecule has 1 unspecified atom stereocenters. The van der Waals surface area contributed by atoms with Gasteiger partial charge in [-0.25, -0.2) is 14.6 Å². The summed E-state index contributed by atoms with van der Waals surface area (Å²) in [6.07, 6.45) is -16.2. The maximum absolute atomic E-state index is 14.0. The second-order valence-corrected chi connectivity index (χ2v) is 12.0. The minimum Gasteiger partial charge on any atom is -0.481 e. The maximum atomic E-state index is 14.0. The zero-order valence-corrected chi connectivity index (χ0v) is 26.2. The Morgan fingerprint density at radius 2 is 1.49 bits per heavy atom. The van der Waals surface area contributed by atoms with E-state index < -0.39 is 71.0 Å². The van der Waals surface area contributed by atoms with Crippen LogP contribution in [-0.4, -0.2) is 45.2 Å². The molecule has 0 spiro atoms. The largest absolute Gasteiger partial charge is 0.481 e.